The van der Waals surface area contributed by atoms with Crippen molar-refractivity contribution in [2.24, 2.45) is 0 Å². The molecule has 0 bridgehead atoms. The van der Waals surface area contributed by atoms with E-state index in [1.165, 1.54) is 6.42 Å². The third kappa shape index (κ3) is 4.27. The predicted octanol–water partition coefficient (Wildman–Crippen LogP) is 1.75. The lowest BCUT2D eigenvalue weighted by Crippen LogP contribution is -2.29. The number of hydrogen-bond donors (Lipinski definition) is 1. The molecule has 0 unspecified atom stereocenters. The van der Waals surface area contributed by atoms with Crippen molar-refractivity contribution in [2.45, 2.75) is 45.4 Å². The van der Waals surface area contributed by atoms with Gasteiger partial charge in [0.05, 0.1) is 13.0 Å². The molecule has 0 radical (unpaired) electrons. The molecule has 1 saturated heterocycles. The SMILES string of the molecule is CCOC(=O)CCc1cc(C)nc([C@@H]2CCCNC2)n1. The molecule has 0 spiro atoms. The Morgan fingerprint density at radius 3 is 3.05 bits per heavy atom. The Hall–Kier alpha value is -1.49. The highest BCUT2D eigenvalue weighted by atomic mass is 16.5. The molecule has 1 N–H and O–H groups in total. The van der Waals surface area contributed by atoms with Crippen molar-refractivity contribution in [1.82, 2.24) is 15.3 Å². The molecule has 1 aliphatic heterocycles. The fourth-order valence-corrected chi connectivity index (χ4v) is 2.50. The van der Waals surface area contributed by atoms with Crippen LogP contribution in [0.4, 0.5) is 0 Å². The lowest BCUT2D eigenvalue weighted by atomic mass is 9.98. The number of carbonyl (C=O) groups is 1. The third-order valence-electron chi connectivity index (χ3n) is 3.48. The molecule has 0 amide bonds. The van der Waals surface area contributed by atoms with Gasteiger partial charge in [-0.25, -0.2) is 9.97 Å². The summed E-state index contributed by atoms with van der Waals surface area (Å²) < 4.78 is 4.95. The lowest BCUT2D eigenvalue weighted by molar-refractivity contribution is -0.143. The van der Waals surface area contributed by atoms with Crippen molar-refractivity contribution in [3.8, 4) is 0 Å². The zero-order valence-corrected chi connectivity index (χ0v) is 12.3. The number of rotatable bonds is 5. The molecule has 110 valence electrons. The maximum absolute atomic E-state index is 11.4. The predicted molar refractivity (Wildman–Crippen MR) is 76.6 cm³/mol. The molecular weight excluding hydrogens is 254 g/mol. The monoisotopic (exact) mass is 277 g/mol. The van der Waals surface area contributed by atoms with Gasteiger partial charge in [0.25, 0.3) is 0 Å². The van der Waals surface area contributed by atoms with Gasteiger partial charge in [-0.2, -0.15) is 0 Å². The van der Waals surface area contributed by atoms with Crippen molar-refractivity contribution in [3.05, 3.63) is 23.3 Å². The highest BCUT2D eigenvalue weighted by molar-refractivity contribution is 5.69. The Balaban J connectivity index is 2.02. The normalized spacial score (nSPS) is 18.8. The van der Waals surface area contributed by atoms with E-state index in [0.717, 1.165) is 36.7 Å². The molecule has 1 aromatic heterocycles. The number of aromatic nitrogens is 2. The molecule has 0 aliphatic carbocycles. The lowest BCUT2D eigenvalue weighted by Gasteiger charge is -2.22. The summed E-state index contributed by atoms with van der Waals surface area (Å²) in [5, 5.41) is 3.39. The quantitative estimate of drug-likeness (QED) is 0.831. The van der Waals surface area contributed by atoms with Crippen LogP contribution in [-0.4, -0.2) is 35.6 Å². The summed E-state index contributed by atoms with van der Waals surface area (Å²) in [6.45, 7) is 6.26. The number of aryl methyl sites for hydroxylation is 2. The maximum atomic E-state index is 11.4. The minimum atomic E-state index is -0.162. The van der Waals surface area contributed by atoms with Crippen LogP contribution in [0.15, 0.2) is 6.07 Å². The fraction of sp³-hybridized carbons (Fsp3) is 0.667. The van der Waals surface area contributed by atoms with E-state index in [9.17, 15) is 4.79 Å². The second kappa shape index (κ2) is 7.33. The largest absolute Gasteiger partial charge is 0.466 e. The number of esters is 1. The van der Waals surface area contributed by atoms with Crippen LogP contribution in [-0.2, 0) is 16.0 Å². The van der Waals surface area contributed by atoms with E-state index in [0.29, 0.717) is 25.4 Å². The van der Waals surface area contributed by atoms with Crippen molar-refractivity contribution in [3.63, 3.8) is 0 Å². The van der Waals surface area contributed by atoms with E-state index in [1.54, 1.807) is 0 Å². The van der Waals surface area contributed by atoms with Gasteiger partial charge in [0.2, 0.25) is 0 Å². The molecular formula is C15H23N3O2. The molecule has 0 aromatic carbocycles. The first-order valence-corrected chi connectivity index (χ1v) is 7.40. The Morgan fingerprint density at radius 2 is 2.35 bits per heavy atom. The van der Waals surface area contributed by atoms with Crippen molar-refractivity contribution >= 4 is 5.97 Å². The molecule has 5 heteroatoms. The number of nitrogens with zero attached hydrogens (tertiary/aromatic N) is 2. The van der Waals surface area contributed by atoms with Gasteiger partial charge in [0.15, 0.2) is 0 Å². The number of carbonyl (C=O) groups excluding carboxylic acids is 1. The molecule has 0 saturated carbocycles. The van der Waals surface area contributed by atoms with E-state index < -0.39 is 0 Å². The van der Waals surface area contributed by atoms with Gasteiger partial charge in [-0.05, 0) is 39.3 Å². The number of nitrogens with one attached hydrogen (secondary N) is 1. The Bertz CT molecular complexity index is 456. The van der Waals surface area contributed by atoms with Crippen LogP contribution in [0, 0.1) is 6.92 Å². The van der Waals surface area contributed by atoms with Crippen LogP contribution in [0.5, 0.6) is 0 Å². The third-order valence-corrected chi connectivity index (χ3v) is 3.48. The molecule has 1 aromatic rings. The molecule has 1 atom stereocenters. The Morgan fingerprint density at radius 1 is 1.50 bits per heavy atom. The van der Waals surface area contributed by atoms with Crippen LogP contribution in [0.3, 0.4) is 0 Å². The van der Waals surface area contributed by atoms with Crippen LogP contribution in [0.2, 0.25) is 0 Å². The van der Waals surface area contributed by atoms with Crippen LogP contribution in [0.1, 0.15) is 49.3 Å². The summed E-state index contributed by atoms with van der Waals surface area (Å²) in [5.74, 6) is 1.14. The molecule has 1 fully saturated rings. The molecule has 2 heterocycles. The number of piperidine rings is 1. The van der Waals surface area contributed by atoms with Crippen LogP contribution >= 0.6 is 0 Å². The number of ether oxygens (including phenoxy) is 1. The van der Waals surface area contributed by atoms with E-state index >= 15 is 0 Å². The van der Waals surface area contributed by atoms with Crippen molar-refractivity contribution in [1.29, 1.82) is 0 Å². The summed E-state index contributed by atoms with van der Waals surface area (Å²) in [6, 6.07) is 1.96. The summed E-state index contributed by atoms with van der Waals surface area (Å²) in [5.41, 5.74) is 1.91. The molecule has 1 aliphatic rings. The van der Waals surface area contributed by atoms with Gasteiger partial charge in [-0.1, -0.05) is 0 Å². The average Bonchev–Trinajstić information content (AvgIpc) is 2.46. The minimum Gasteiger partial charge on any atom is -0.466 e. The highest BCUT2D eigenvalue weighted by Crippen LogP contribution is 2.20. The summed E-state index contributed by atoms with van der Waals surface area (Å²) in [6.07, 6.45) is 3.30. The minimum absolute atomic E-state index is 0.162. The van der Waals surface area contributed by atoms with Gasteiger partial charge < -0.3 is 10.1 Å². The van der Waals surface area contributed by atoms with Crippen molar-refractivity contribution in [2.75, 3.05) is 19.7 Å². The Labute approximate surface area is 120 Å². The van der Waals surface area contributed by atoms with E-state index in [-0.39, 0.29) is 5.97 Å². The molecule has 5 nitrogen and oxygen atoms in total. The van der Waals surface area contributed by atoms with Gasteiger partial charge >= 0.3 is 5.97 Å². The first-order valence-electron chi connectivity index (χ1n) is 7.40. The van der Waals surface area contributed by atoms with E-state index in [2.05, 4.69) is 15.3 Å². The van der Waals surface area contributed by atoms with Gasteiger partial charge in [-0.15, -0.1) is 0 Å². The van der Waals surface area contributed by atoms with Crippen LogP contribution < -0.4 is 5.32 Å². The van der Waals surface area contributed by atoms with E-state index in [1.807, 2.05) is 19.9 Å². The second-order valence-corrected chi connectivity index (χ2v) is 5.21. The van der Waals surface area contributed by atoms with Crippen LogP contribution in [0.25, 0.3) is 0 Å². The topological polar surface area (TPSA) is 64.1 Å². The standard InChI is InChI=1S/C15H23N3O2/c1-3-20-14(19)7-6-13-9-11(2)17-15(18-13)12-5-4-8-16-10-12/h9,12,16H,3-8,10H2,1-2H3/t12-/m1/s1. The zero-order chi connectivity index (χ0) is 14.4. The number of hydrogen-bond acceptors (Lipinski definition) is 5. The fourth-order valence-electron chi connectivity index (χ4n) is 2.50. The smallest absolute Gasteiger partial charge is 0.306 e. The summed E-state index contributed by atoms with van der Waals surface area (Å²) in [4.78, 5) is 20.6. The first kappa shape index (κ1) is 14.9. The van der Waals surface area contributed by atoms with E-state index in [4.69, 9.17) is 4.74 Å². The highest BCUT2D eigenvalue weighted by Gasteiger charge is 2.18. The zero-order valence-electron chi connectivity index (χ0n) is 12.3. The second-order valence-electron chi connectivity index (χ2n) is 5.21. The summed E-state index contributed by atoms with van der Waals surface area (Å²) >= 11 is 0. The summed E-state index contributed by atoms with van der Waals surface area (Å²) in [7, 11) is 0. The van der Waals surface area contributed by atoms with Gasteiger partial charge in [-0.3, -0.25) is 4.79 Å². The molecule has 20 heavy (non-hydrogen) atoms. The molecule has 2 rings (SSSR count). The van der Waals surface area contributed by atoms with Gasteiger partial charge in [0.1, 0.15) is 5.82 Å². The van der Waals surface area contributed by atoms with Gasteiger partial charge in [0, 0.05) is 30.3 Å². The Kier molecular flexibility index (Phi) is 5.47. The first-order chi connectivity index (χ1) is 9.69. The van der Waals surface area contributed by atoms with Crippen molar-refractivity contribution < 1.29 is 9.53 Å². The average molecular weight is 277 g/mol. The maximum Gasteiger partial charge on any atom is 0.306 e.